The number of benzene rings is 1. The van der Waals surface area contributed by atoms with Gasteiger partial charge in [-0.3, -0.25) is 11.3 Å². The van der Waals surface area contributed by atoms with Crippen LogP contribution in [0.3, 0.4) is 0 Å². The Morgan fingerprint density at radius 2 is 2.25 bits per heavy atom. The molecule has 3 N–H and O–H groups in total. The van der Waals surface area contributed by atoms with Crippen molar-refractivity contribution in [3.05, 3.63) is 35.4 Å². The highest BCUT2D eigenvalue weighted by Gasteiger charge is 2.01. The average Bonchev–Trinajstić information content (AvgIpc) is 2.17. The molecule has 0 spiro atoms. The van der Waals surface area contributed by atoms with Crippen molar-refractivity contribution in [3.8, 4) is 0 Å². The van der Waals surface area contributed by atoms with Gasteiger partial charge < -0.3 is 0 Å². The van der Waals surface area contributed by atoms with Crippen molar-refractivity contribution >= 4 is 0 Å². The zero-order valence-corrected chi connectivity index (χ0v) is 7.67. The number of aryl methyl sites for hydroxylation is 1. The second kappa shape index (κ2) is 4.24. The Morgan fingerprint density at radius 3 is 2.83 bits per heavy atom. The Labute approximate surface area is 73.8 Å². The highest BCUT2D eigenvalue weighted by atomic mass is 15.2. The molecule has 1 unspecified atom stereocenters. The first-order valence-corrected chi connectivity index (χ1v) is 4.33. The van der Waals surface area contributed by atoms with Crippen LogP contribution in [0.5, 0.6) is 0 Å². The number of nitrogens with one attached hydrogen (secondary N) is 1. The summed E-state index contributed by atoms with van der Waals surface area (Å²) in [6.07, 6.45) is 1.07. The third kappa shape index (κ3) is 2.06. The molecular weight excluding hydrogens is 148 g/mol. The van der Waals surface area contributed by atoms with Crippen molar-refractivity contribution in [2.75, 3.05) is 0 Å². The van der Waals surface area contributed by atoms with Gasteiger partial charge in [0.1, 0.15) is 0 Å². The van der Waals surface area contributed by atoms with Crippen LogP contribution in [0.4, 0.5) is 0 Å². The number of rotatable bonds is 3. The Kier molecular flexibility index (Phi) is 3.26. The van der Waals surface area contributed by atoms with Crippen LogP contribution in [0, 0.1) is 0 Å². The van der Waals surface area contributed by atoms with Gasteiger partial charge in [0.15, 0.2) is 0 Å². The summed E-state index contributed by atoms with van der Waals surface area (Å²) in [4.78, 5) is 0. The SMILES string of the molecule is CCc1cccc(C(C)NN)c1. The van der Waals surface area contributed by atoms with Gasteiger partial charge in [0.05, 0.1) is 0 Å². The Hall–Kier alpha value is -0.860. The molecule has 0 radical (unpaired) electrons. The van der Waals surface area contributed by atoms with Crippen LogP contribution in [-0.2, 0) is 6.42 Å². The standard InChI is InChI=1S/C10H16N2/c1-3-9-5-4-6-10(7-9)8(2)12-11/h4-8,12H,3,11H2,1-2H3. The molecule has 1 aromatic carbocycles. The van der Waals surface area contributed by atoms with E-state index in [0.29, 0.717) is 0 Å². The molecule has 0 aliphatic heterocycles. The average molecular weight is 164 g/mol. The molecule has 2 heteroatoms. The first-order valence-electron chi connectivity index (χ1n) is 4.33. The number of hydrazine groups is 1. The quantitative estimate of drug-likeness (QED) is 0.528. The summed E-state index contributed by atoms with van der Waals surface area (Å²) in [5.74, 6) is 5.35. The lowest BCUT2D eigenvalue weighted by atomic mass is 10.0. The van der Waals surface area contributed by atoms with E-state index in [9.17, 15) is 0 Å². The van der Waals surface area contributed by atoms with Crippen molar-refractivity contribution in [2.45, 2.75) is 26.3 Å². The Balaban J connectivity index is 2.86. The van der Waals surface area contributed by atoms with Gasteiger partial charge in [-0.2, -0.15) is 0 Å². The van der Waals surface area contributed by atoms with Crippen LogP contribution >= 0.6 is 0 Å². The number of nitrogens with two attached hydrogens (primary N) is 1. The lowest BCUT2D eigenvalue weighted by Gasteiger charge is -2.10. The van der Waals surface area contributed by atoms with Crippen LogP contribution in [0.1, 0.15) is 31.0 Å². The van der Waals surface area contributed by atoms with E-state index in [2.05, 4.69) is 43.5 Å². The second-order valence-corrected chi connectivity index (χ2v) is 2.99. The summed E-state index contributed by atoms with van der Waals surface area (Å²) < 4.78 is 0. The van der Waals surface area contributed by atoms with Crippen LogP contribution < -0.4 is 11.3 Å². The van der Waals surface area contributed by atoms with Crippen molar-refractivity contribution < 1.29 is 0 Å². The normalized spacial score (nSPS) is 12.9. The van der Waals surface area contributed by atoms with E-state index >= 15 is 0 Å². The largest absolute Gasteiger partial charge is 0.271 e. The van der Waals surface area contributed by atoms with Gasteiger partial charge in [-0.05, 0) is 24.5 Å². The van der Waals surface area contributed by atoms with Gasteiger partial charge in [-0.1, -0.05) is 31.2 Å². The van der Waals surface area contributed by atoms with E-state index in [1.165, 1.54) is 11.1 Å². The van der Waals surface area contributed by atoms with E-state index in [4.69, 9.17) is 5.84 Å². The van der Waals surface area contributed by atoms with Crippen molar-refractivity contribution in [3.63, 3.8) is 0 Å². The summed E-state index contributed by atoms with van der Waals surface area (Å²) in [5, 5.41) is 0. The van der Waals surface area contributed by atoms with E-state index in [0.717, 1.165) is 6.42 Å². The third-order valence-electron chi connectivity index (χ3n) is 2.11. The fourth-order valence-electron chi connectivity index (χ4n) is 1.18. The van der Waals surface area contributed by atoms with Gasteiger partial charge in [-0.15, -0.1) is 0 Å². The van der Waals surface area contributed by atoms with Crippen LogP contribution in [-0.4, -0.2) is 0 Å². The fraction of sp³-hybridized carbons (Fsp3) is 0.400. The predicted octanol–water partition coefficient (Wildman–Crippen LogP) is 1.77. The van der Waals surface area contributed by atoms with E-state index in [1.807, 2.05) is 0 Å². The van der Waals surface area contributed by atoms with Gasteiger partial charge in [0, 0.05) is 6.04 Å². The molecule has 0 aliphatic rings. The lowest BCUT2D eigenvalue weighted by molar-refractivity contribution is 0.602. The van der Waals surface area contributed by atoms with Crippen LogP contribution in [0.25, 0.3) is 0 Å². The van der Waals surface area contributed by atoms with Crippen molar-refractivity contribution in [1.29, 1.82) is 0 Å². The highest BCUT2D eigenvalue weighted by Crippen LogP contribution is 2.13. The molecule has 66 valence electrons. The monoisotopic (exact) mass is 164 g/mol. The minimum absolute atomic E-state index is 0.233. The Bertz CT molecular complexity index is 245. The molecule has 1 aromatic rings. The van der Waals surface area contributed by atoms with Crippen molar-refractivity contribution in [1.82, 2.24) is 5.43 Å². The summed E-state index contributed by atoms with van der Waals surface area (Å²) in [6.45, 7) is 4.20. The van der Waals surface area contributed by atoms with Crippen LogP contribution in [0.2, 0.25) is 0 Å². The maximum atomic E-state index is 5.35. The molecule has 0 bridgehead atoms. The molecule has 0 fully saturated rings. The molecule has 1 rings (SSSR count). The topological polar surface area (TPSA) is 38.0 Å². The highest BCUT2D eigenvalue weighted by molar-refractivity contribution is 5.25. The Morgan fingerprint density at radius 1 is 1.50 bits per heavy atom. The van der Waals surface area contributed by atoms with E-state index in [-0.39, 0.29) is 6.04 Å². The van der Waals surface area contributed by atoms with Gasteiger partial charge in [0.25, 0.3) is 0 Å². The molecule has 0 saturated heterocycles. The van der Waals surface area contributed by atoms with Gasteiger partial charge in [0.2, 0.25) is 0 Å². The number of hydrogen-bond acceptors (Lipinski definition) is 2. The summed E-state index contributed by atoms with van der Waals surface area (Å²) in [6, 6.07) is 8.71. The molecule has 0 aliphatic carbocycles. The van der Waals surface area contributed by atoms with Gasteiger partial charge in [-0.25, -0.2) is 0 Å². The minimum Gasteiger partial charge on any atom is -0.271 e. The molecule has 0 saturated carbocycles. The van der Waals surface area contributed by atoms with E-state index < -0.39 is 0 Å². The molecule has 12 heavy (non-hydrogen) atoms. The maximum absolute atomic E-state index is 5.35. The first-order chi connectivity index (χ1) is 5.77. The molecule has 0 amide bonds. The zero-order chi connectivity index (χ0) is 8.97. The fourth-order valence-corrected chi connectivity index (χ4v) is 1.18. The van der Waals surface area contributed by atoms with Crippen LogP contribution in [0.15, 0.2) is 24.3 Å². The molecule has 0 aromatic heterocycles. The first kappa shape index (κ1) is 9.23. The maximum Gasteiger partial charge on any atom is 0.0431 e. The smallest absolute Gasteiger partial charge is 0.0431 e. The van der Waals surface area contributed by atoms with E-state index in [1.54, 1.807) is 0 Å². The molecule has 2 nitrogen and oxygen atoms in total. The summed E-state index contributed by atoms with van der Waals surface area (Å²) in [5.41, 5.74) is 5.34. The third-order valence-corrected chi connectivity index (χ3v) is 2.11. The molecular formula is C10H16N2. The van der Waals surface area contributed by atoms with Crippen molar-refractivity contribution in [2.24, 2.45) is 5.84 Å². The minimum atomic E-state index is 0.233. The molecule has 1 atom stereocenters. The zero-order valence-electron chi connectivity index (χ0n) is 7.67. The van der Waals surface area contributed by atoms with Gasteiger partial charge >= 0.3 is 0 Å². The molecule has 0 heterocycles. The summed E-state index contributed by atoms with van der Waals surface area (Å²) >= 11 is 0. The predicted molar refractivity (Wildman–Crippen MR) is 51.6 cm³/mol. The number of hydrogen-bond donors (Lipinski definition) is 2. The summed E-state index contributed by atoms with van der Waals surface area (Å²) in [7, 11) is 0. The second-order valence-electron chi connectivity index (χ2n) is 2.99. The lowest BCUT2D eigenvalue weighted by Crippen LogP contribution is -2.25.